The van der Waals surface area contributed by atoms with Crippen LogP contribution >= 0.6 is 0 Å². The van der Waals surface area contributed by atoms with Gasteiger partial charge in [-0.3, -0.25) is 0 Å². The number of nitrogens with zero attached hydrogens (tertiary/aromatic N) is 1. The van der Waals surface area contributed by atoms with Crippen LogP contribution in [0.5, 0.6) is 0 Å². The highest BCUT2D eigenvalue weighted by atomic mass is 32.2. The SMILES string of the molecule is CC(C)NCC1CCN(S(=O)(=O)C(C)C)CC1. The molecular formula is C12H26N2O2S. The van der Waals surface area contributed by atoms with Crippen molar-refractivity contribution in [1.29, 1.82) is 0 Å². The fraction of sp³-hybridized carbons (Fsp3) is 1.00. The van der Waals surface area contributed by atoms with Gasteiger partial charge in [-0.15, -0.1) is 0 Å². The van der Waals surface area contributed by atoms with Crippen molar-refractivity contribution in [3.63, 3.8) is 0 Å². The van der Waals surface area contributed by atoms with Gasteiger partial charge in [0.2, 0.25) is 10.0 Å². The average molecular weight is 262 g/mol. The van der Waals surface area contributed by atoms with Crippen LogP contribution in [0.15, 0.2) is 0 Å². The Bertz CT molecular complexity index is 317. The first-order valence-electron chi connectivity index (χ1n) is 6.56. The molecular weight excluding hydrogens is 236 g/mol. The summed E-state index contributed by atoms with van der Waals surface area (Å²) in [6.45, 7) is 10.2. The lowest BCUT2D eigenvalue weighted by Crippen LogP contribution is -2.44. The van der Waals surface area contributed by atoms with Gasteiger partial charge >= 0.3 is 0 Å². The molecule has 1 N–H and O–H groups in total. The Morgan fingerprint density at radius 2 is 1.71 bits per heavy atom. The minimum atomic E-state index is -3.04. The molecule has 0 amide bonds. The van der Waals surface area contributed by atoms with Crippen LogP contribution < -0.4 is 5.32 Å². The van der Waals surface area contributed by atoms with Gasteiger partial charge in [0.05, 0.1) is 5.25 Å². The largest absolute Gasteiger partial charge is 0.314 e. The average Bonchev–Trinajstić information content (AvgIpc) is 2.26. The van der Waals surface area contributed by atoms with E-state index in [0.717, 1.165) is 19.4 Å². The molecule has 0 unspecified atom stereocenters. The zero-order valence-corrected chi connectivity index (χ0v) is 12.3. The third-order valence-electron chi connectivity index (χ3n) is 3.34. The van der Waals surface area contributed by atoms with Crippen LogP contribution in [0.1, 0.15) is 40.5 Å². The second kappa shape index (κ2) is 6.16. The first-order chi connectivity index (χ1) is 7.84. The molecule has 102 valence electrons. The molecule has 5 heteroatoms. The number of hydrogen-bond donors (Lipinski definition) is 1. The van der Waals surface area contributed by atoms with Crippen molar-refractivity contribution in [3.05, 3.63) is 0 Å². The Kier molecular flexibility index (Phi) is 5.41. The maximum Gasteiger partial charge on any atom is 0.216 e. The monoisotopic (exact) mass is 262 g/mol. The molecule has 1 fully saturated rings. The Labute approximate surface area is 106 Å². The van der Waals surface area contributed by atoms with Crippen LogP contribution in [0.4, 0.5) is 0 Å². The van der Waals surface area contributed by atoms with E-state index in [4.69, 9.17) is 0 Å². The summed E-state index contributed by atoms with van der Waals surface area (Å²) in [4.78, 5) is 0. The maximum absolute atomic E-state index is 12.0. The molecule has 1 heterocycles. The third kappa shape index (κ3) is 4.23. The van der Waals surface area contributed by atoms with Crippen LogP contribution in [0.25, 0.3) is 0 Å². The van der Waals surface area contributed by atoms with Gasteiger partial charge in [0, 0.05) is 19.1 Å². The van der Waals surface area contributed by atoms with Crippen LogP contribution in [0.2, 0.25) is 0 Å². The molecule has 1 rings (SSSR count). The van der Waals surface area contributed by atoms with E-state index in [2.05, 4.69) is 19.2 Å². The molecule has 0 atom stereocenters. The molecule has 0 spiro atoms. The first-order valence-corrected chi connectivity index (χ1v) is 8.06. The number of piperidine rings is 1. The van der Waals surface area contributed by atoms with E-state index < -0.39 is 10.0 Å². The van der Waals surface area contributed by atoms with E-state index in [0.29, 0.717) is 25.0 Å². The van der Waals surface area contributed by atoms with Crippen molar-refractivity contribution >= 4 is 10.0 Å². The van der Waals surface area contributed by atoms with Gasteiger partial charge in [-0.25, -0.2) is 12.7 Å². The van der Waals surface area contributed by atoms with E-state index in [1.807, 2.05) is 0 Å². The summed E-state index contributed by atoms with van der Waals surface area (Å²) in [7, 11) is -3.04. The van der Waals surface area contributed by atoms with Crippen molar-refractivity contribution in [1.82, 2.24) is 9.62 Å². The second-order valence-corrected chi connectivity index (χ2v) is 7.99. The lowest BCUT2D eigenvalue weighted by atomic mass is 9.98. The van der Waals surface area contributed by atoms with Gasteiger partial charge in [0.15, 0.2) is 0 Å². The molecule has 0 aliphatic carbocycles. The molecule has 0 aromatic heterocycles. The van der Waals surface area contributed by atoms with Crippen molar-refractivity contribution < 1.29 is 8.42 Å². The highest BCUT2D eigenvalue weighted by Crippen LogP contribution is 2.21. The Morgan fingerprint density at radius 1 is 1.18 bits per heavy atom. The van der Waals surface area contributed by atoms with E-state index >= 15 is 0 Å². The number of sulfonamides is 1. The van der Waals surface area contributed by atoms with Crippen molar-refractivity contribution in [3.8, 4) is 0 Å². The molecule has 1 aliphatic rings. The minimum Gasteiger partial charge on any atom is -0.314 e. The van der Waals surface area contributed by atoms with Gasteiger partial charge < -0.3 is 5.32 Å². The lowest BCUT2D eigenvalue weighted by Gasteiger charge is -2.32. The van der Waals surface area contributed by atoms with Gasteiger partial charge in [-0.2, -0.15) is 0 Å². The zero-order valence-electron chi connectivity index (χ0n) is 11.4. The highest BCUT2D eigenvalue weighted by molar-refractivity contribution is 7.89. The molecule has 0 aromatic carbocycles. The first kappa shape index (κ1) is 14.9. The molecule has 4 nitrogen and oxygen atoms in total. The number of hydrogen-bond acceptors (Lipinski definition) is 3. The number of rotatable bonds is 5. The second-order valence-electron chi connectivity index (χ2n) is 5.50. The van der Waals surface area contributed by atoms with Crippen LogP contribution in [0, 0.1) is 5.92 Å². The topological polar surface area (TPSA) is 49.4 Å². The molecule has 1 aliphatic heterocycles. The molecule has 0 radical (unpaired) electrons. The summed E-state index contributed by atoms with van der Waals surface area (Å²) in [5.74, 6) is 0.621. The summed E-state index contributed by atoms with van der Waals surface area (Å²) in [5.41, 5.74) is 0. The van der Waals surface area contributed by atoms with Crippen LogP contribution in [-0.2, 0) is 10.0 Å². The molecule has 0 bridgehead atoms. The smallest absolute Gasteiger partial charge is 0.216 e. The van der Waals surface area contributed by atoms with E-state index in [-0.39, 0.29) is 5.25 Å². The van der Waals surface area contributed by atoms with Crippen molar-refractivity contribution in [2.45, 2.75) is 51.8 Å². The Balaban J connectivity index is 2.41. The van der Waals surface area contributed by atoms with E-state index in [1.54, 1.807) is 18.2 Å². The Morgan fingerprint density at radius 3 is 2.12 bits per heavy atom. The van der Waals surface area contributed by atoms with Crippen LogP contribution in [0.3, 0.4) is 0 Å². The fourth-order valence-corrected chi connectivity index (χ4v) is 3.38. The lowest BCUT2D eigenvalue weighted by molar-refractivity contribution is 0.262. The Hall–Kier alpha value is -0.130. The van der Waals surface area contributed by atoms with Gasteiger partial charge in [-0.1, -0.05) is 13.8 Å². The third-order valence-corrected chi connectivity index (χ3v) is 5.62. The quantitative estimate of drug-likeness (QED) is 0.815. The molecule has 0 aromatic rings. The summed E-state index contributed by atoms with van der Waals surface area (Å²) < 4.78 is 25.6. The fourth-order valence-electron chi connectivity index (χ4n) is 2.07. The van der Waals surface area contributed by atoms with Crippen LogP contribution in [-0.4, -0.2) is 43.6 Å². The summed E-state index contributed by atoms with van der Waals surface area (Å²) in [6, 6.07) is 0.507. The predicted octanol–water partition coefficient (Wildman–Crippen LogP) is 1.43. The summed E-state index contributed by atoms with van der Waals surface area (Å²) in [6.07, 6.45) is 1.96. The maximum atomic E-state index is 12.0. The molecule has 1 saturated heterocycles. The number of nitrogens with one attached hydrogen (secondary N) is 1. The van der Waals surface area contributed by atoms with Crippen molar-refractivity contribution in [2.75, 3.05) is 19.6 Å². The normalized spacial score (nSPS) is 20.4. The predicted molar refractivity (Wildman–Crippen MR) is 71.5 cm³/mol. The summed E-state index contributed by atoms with van der Waals surface area (Å²) >= 11 is 0. The van der Waals surface area contributed by atoms with E-state index in [9.17, 15) is 8.42 Å². The summed E-state index contributed by atoms with van der Waals surface area (Å²) in [5, 5.41) is 3.13. The van der Waals surface area contributed by atoms with Crippen molar-refractivity contribution in [2.24, 2.45) is 5.92 Å². The van der Waals surface area contributed by atoms with Gasteiger partial charge in [-0.05, 0) is 39.2 Å². The standard InChI is InChI=1S/C12H26N2O2S/c1-10(2)13-9-12-5-7-14(8-6-12)17(15,16)11(3)4/h10-13H,5-9H2,1-4H3. The van der Waals surface area contributed by atoms with Gasteiger partial charge in [0.25, 0.3) is 0 Å². The molecule has 17 heavy (non-hydrogen) atoms. The minimum absolute atomic E-state index is 0.298. The van der Waals surface area contributed by atoms with E-state index in [1.165, 1.54) is 0 Å². The molecule has 0 saturated carbocycles. The zero-order chi connectivity index (χ0) is 13.1. The highest BCUT2D eigenvalue weighted by Gasteiger charge is 2.29. The van der Waals surface area contributed by atoms with Gasteiger partial charge in [0.1, 0.15) is 0 Å².